The molecule has 208 valence electrons. The van der Waals surface area contributed by atoms with Crippen molar-refractivity contribution < 1.29 is 13.2 Å². The van der Waals surface area contributed by atoms with Crippen molar-refractivity contribution in [2.24, 2.45) is 0 Å². The topological polar surface area (TPSA) is 28.1 Å². The van der Waals surface area contributed by atoms with Crippen LogP contribution in [0, 0.1) is 24.8 Å². The Hall–Kier alpha value is -5.65. The highest BCUT2D eigenvalue weighted by Crippen LogP contribution is 2.31. The van der Waals surface area contributed by atoms with Gasteiger partial charge in [-0.15, -0.1) is 0 Å². The van der Waals surface area contributed by atoms with Gasteiger partial charge in [-0.05, 0) is 63.6 Å². The molecule has 0 heterocycles. The van der Waals surface area contributed by atoms with Gasteiger partial charge >= 0.3 is 6.18 Å². The van der Waals surface area contributed by atoms with Crippen LogP contribution in [0.1, 0.15) is 33.4 Å². The van der Waals surface area contributed by atoms with Gasteiger partial charge in [0.15, 0.2) is 5.70 Å². The van der Waals surface area contributed by atoms with Crippen molar-refractivity contribution in [3.8, 4) is 28.3 Å². The van der Waals surface area contributed by atoms with Crippen LogP contribution in [-0.4, -0.2) is 0 Å². The molecule has 5 aromatic rings. The molecule has 0 bridgehead atoms. The number of aryl methyl sites for hydroxylation is 1. The van der Waals surface area contributed by atoms with E-state index in [2.05, 4.69) is 23.0 Å². The molecule has 0 aliphatic carbocycles. The third kappa shape index (κ3) is 6.99. The fourth-order valence-electron chi connectivity index (χ4n) is 4.65. The number of hydrogen-bond donors (Lipinski definition) is 0. The molecule has 0 saturated heterocycles. The SMILES string of the molecule is [C-]#[N+]/C(=C\c1ccc(-c2ccc(-c3ccc(/C=C(\C#N)c4ccc(C)cc4)cc3)cc2)cc1)c1ccc(C(F)(F)F)cc1. The summed E-state index contributed by atoms with van der Waals surface area (Å²) in [5.41, 5.74) is 8.51. The smallest absolute Gasteiger partial charge is 0.238 e. The largest absolute Gasteiger partial charge is 0.416 e. The van der Waals surface area contributed by atoms with Crippen LogP contribution in [0.25, 0.3) is 50.5 Å². The molecular weight excluding hydrogens is 541 g/mol. The van der Waals surface area contributed by atoms with E-state index in [4.69, 9.17) is 6.57 Å². The van der Waals surface area contributed by atoms with Crippen LogP contribution in [0.2, 0.25) is 0 Å². The lowest BCUT2D eigenvalue weighted by molar-refractivity contribution is -0.137. The number of nitrogens with zero attached hydrogens (tertiary/aromatic N) is 2. The second-order valence-corrected chi connectivity index (χ2v) is 10.1. The van der Waals surface area contributed by atoms with Crippen LogP contribution >= 0.6 is 0 Å². The number of allylic oxidation sites excluding steroid dienone is 1. The standard InChI is InChI=1S/C38H25F3N2/c1-26-3-9-33(10-4-26)35(25-42)23-27-5-11-29(12-6-27)31-15-17-32(18-16-31)30-13-7-28(8-14-30)24-37(43-2)34-19-21-36(22-20-34)38(39,40)41/h3-24H,1H3/b35-23+,37-24-. The molecule has 0 N–H and O–H groups in total. The van der Waals surface area contributed by atoms with Gasteiger partial charge in [-0.2, -0.15) is 18.4 Å². The van der Waals surface area contributed by atoms with Crippen LogP contribution in [0.5, 0.6) is 0 Å². The summed E-state index contributed by atoms with van der Waals surface area (Å²) in [6.45, 7) is 9.52. The minimum Gasteiger partial charge on any atom is -0.238 e. The molecule has 5 rings (SSSR count). The maximum atomic E-state index is 12.9. The first kappa shape index (κ1) is 28.9. The molecule has 0 saturated carbocycles. The van der Waals surface area contributed by atoms with Crippen LogP contribution in [0.4, 0.5) is 13.2 Å². The first-order chi connectivity index (χ1) is 20.7. The minimum absolute atomic E-state index is 0.270. The third-order valence-electron chi connectivity index (χ3n) is 7.10. The lowest BCUT2D eigenvalue weighted by Crippen LogP contribution is -2.04. The van der Waals surface area contributed by atoms with Crippen molar-refractivity contribution in [2.45, 2.75) is 13.1 Å². The Labute approximate surface area is 249 Å². The normalized spacial score (nSPS) is 12.0. The van der Waals surface area contributed by atoms with E-state index in [1.165, 1.54) is 12.1 Å². The summed E-state index contributed by atoms with van der Waals surface area (Å²) in [6.07, 6.45) is -0.857. The van der Waals surface area contributed by atoms with Crippen molar-refractivity contribution in [1.82, 2.24) is 0 Å². The van der Waals surface area contributed by atoms with E-state index in [1.54, 1.807) is 6.08 Å². The molecule has 0 aliphatic rings. The van der Waals surface area contributed by atoms with Gasteiger partial charge in [0.05, 0.1) is 23.8 Å². The molecule has 5 heteroatoms. The number of nitriles is 1. The molecule has 43 heavy (non-hydrogen) atoms. The fraction of sp³-hybridized carbons (Fsp3) is 0.0526. The quantitative estimate of drug-likeness (QED) is 0.114. The zero-order chi connectivity index (χ0) is 30.4. The monoisotopic (exact) mass is 566 g/mol. The van der Waals surface area contributed by atoms with Gasteiger partial charge < -0.3 is 0 Å². The Balaban J connectivity index is 1.29. The molecule has 0 aromatic heterocycles. The summed E-state index contributed by atoms with van der Waals surface area (Å²) < 4.78 is 38.6. The van der Waals surface area contributed by atoms with Crippen LogP contribution in [0.15, 0.2) is 121 Å². The molecule has 0 atom stereocenters. The molecule has 0 amide bonds. The molecule has 5 aromatic carbocycles. The van der Waals surface area contributed by atoms with E-state index in [9.17, 15) is 18.4 Å². The van der Waals surface area contributed by atoms with E-state index >= 15 is 0 Å². The van der Waals surface area contributed by atoms with Gasteiger partial charge in [0.1, 0.15) is 0 Å². The Morgan fingerprint density at radius 3 is 1.47 bits per heavy atom. The zero-order valence-corrected chi connectivity index (χ0v) is 23.2. The van der Waals surface area contributed by atoms with Crippen molar-refractivity contribution in [2.75, 3.05) is 0 Å². The molecule has 0 aliphatic heterocycles. The zero-order valence-electron chi connectivity index (χ0n) is 23.2. The number of halogens is 3. The lowest BCUT2D eigenvalue weighted by Gasteiger charge is -2.08. The van der Waals surface area contributed by atoms with Gasteiger partial charge in [-0.3, -0.25) is 0 Å². The fourth-order valence-corrected chi connectivity index (χ4v) is 4.65. The van der Waals surface area contributed by atoms with Gasteiger partial charge in [-0.1, -0.05) is 127 Å². The van der Waals surface area contributed by atoms with Gasteiger partial charge in [-0.25, -0.2) is 4.85 Å². The maximum absolute atomic E-state index is 12.9. The summed E-state index contributed by atoms with van der Waals surface area (Å²) in [5, 5.41) is 9.64. The van der Waals surface area contributed by atoms with Gasteiger partial charge in [0.25, 0.3) is 0 Å². The van der Waals surface area contributed by atoms with Crippen LogP contribution in [-0.2, 0) is 6.18 Å². The van der Waals surface area contributed by atoms with E-state index in [-0.39, 0.29) is 5.70 Å². The predicted molar refractivity (Wildman–Crippen MR) is 168 cm³/mol. The Morgan fingerprint density at radius 1 is 0.628 bits per heavy atom. The number of rotatable bonds is 6. The van der Waals surface area contributed by atoms with Crippen molar-refractivity contribution >= 4 is 23.4 Å². The average molecular weight is 567 g/mol. The highest BCUT2D eigenvalue weighted by Gasteiger charge is 2.30. The van der Waals surface area contributed by atoms with Gasteiger partial charge in [0.2, 0.25) is 0 Å². The molecule has 0 unspecified atom stereocenters. The van der Waals surface area contributed by atoms with E-state index in [1.807, 2.05) is 97.9 Å². The summed E-state index contributed by atoms with van der Waals surface area (Å²) in [7, 11) is 0. The molecular formula is C38H25F3N2. The lowest BCUT2D eigenvalue weighted by atomic mass is 9.98. The molecule has 0 fully saturated rings. The van der Waals surface area contributed by atoms with E-state index in [0.29, 0.717) is 11.1 Å². The Kier molecular flexibility index (Phi) is 8.37. The summed E-state index contributed by atoms with van der Waals surface area (Å²) in [6, 6.07) is 38.8. The van der Waals surface area contributed by atoms with Crippen LogP contribution in [0.3, 0.4) is 0 Å². The third-order valence-corrected chi connectivity index (χ3v) is 7.10. The summed E-state index contributed by atoms with van der Waals surface area (Å²) >= 11 is 0. The number of benzene rings is 5. The number of hydrogen-bond acceptors (Lipinski definition) is 1. The molecule has 0 radical (unpaired) electrons. The maximum Gasteiger partial charge on any atom is 0.416 e. The molecule has 0 spiro atoms. The second-order valence-electron chi connectivity index (χ2n) is 10.1. The molecule has 2 nitrogen and oxygen atoms in total. The Morgan fingerprint density at radius 2 is 1.05 bits per heavy atom. The first-order valence-corrected chi connectivity index (χ1v) is 13.5. The first-order valence-electron chi connectivity index (χ1n) is 13.5. The van der Waals surface area contributed by atoms with Crippen molar-refractivity contribution in [1.29, 1.82) is 5.26 Å². The predicted octanol–water partition coefficient (Wildman–Crippen LogP) is 10.8. The highest BCUT2D eigenvalue weighted by atomic mass is 19.4. The van der Waals surface area contributed by atoms with Crippen molar-refractivity contribution in [3.05, 3.63) is 166 Å². The summed E-state index contributed by atoms with van der Waals surface area (Å²) in [5.74, 6) is 0. The minimum atomic E-state index is -4.41. The van der Waals surface area contributed by atoms with E-state index in [0.717, 1.165) is 56.6 Å². The highest BCUT2D eigenvalue weighted by molar-refractivity contribution is 5.90. The van der Waals surface area contributed by atoms with Crippen molar-refractivity contribution in [3.63, 3.8) is 0 Å². The summed E-state index contributed by atoms with van der Waals surface area (Å²) in [4.78, 5) is 3.52. The second kappa shape index (κ2) is 12.5. The van der Waals surface area contributed by atoms with Gasteiger partial charge in [0, 0.05) is 0 Å². The Bertz CT molecular complexity index is 1860. The van der Waals surface area contributed by atoms with E-state index < -0.39 is 11.7 Å². The number of alkyl halides is 3. The van der Waals surface area contributed by atoms with Crippen LogP contribution < -0.4 is 0 Å². The average Bonchev–Trinajstić information content (AvgIpc) is 3.03.